The van der Waals surface area contributed by atoms with Crippen LogP contribution in [0.4, 0.5) is 0 Å². The summed E-state index contributed by atoms with van der Waals surface area (Å²) in [6.45, 7) is 3.51. The van der Waals surface area contributed by atoms with E-state index in [9.17, 15) is 0 Å². The lowest BCUT2D eigenvalue weighted by molar-refractivity contribution is 0.306. The maximum absolute atomic E-state index is 6.06. The molecule has 0 radical (unpaired) electrons. The fourth-order valence-electron chi connectivity index (χ4n) is 2.96. The van der Waals surface area contributed by atoms with E-state index in [2.05, 4.69) is 54.7 Å². The van der Waals surface area contributed by atoms with Crippen LogP contribution in [0, 0.1) is 0 Å². The first-order valence-corrected chi connectivity index (χ1v) is 10.3. The molecule has 3 aromatic carbocycles. The van der Waals surface area contributed by atoms with Gasteiger partial charge in [0.1, 0.15) is 12.4 Å². The van der Waals surface area contributed by atoms with E-state index >= 15 is 0 Å². The molecule has 3 aromatic rings. The van der Waals surface area contributed by atoms with E-state index in [1.54, 1.807) is 6.07 Å². The summed E-state index contributed by atoms with van der Waals surface area (Å²) < 4.78 is 5.91. The predicted octanol–water partition coefficient (Wildman–Crippen LogP) is 6.68. The Hall–Kier alpha value is -2.00. The molecule has 0 aromatic heterocycles. The van der Waals surface area contributed by atoms with Gasteiger partial charge in [0.05, 0.1) is 10.0 Å². The normalized spacial score (nSPS) is 12.0. The van der Waals surface area contributed by atoms with Crippen LogP contribution in [0.1, 0.15) is 30.0 Å². The Kier molecular flexibility index (Phi) is 7.79. The molecule has 0 aliphatic heterocycles. The molecule has 3 rings (SSSR count). The van der Waals surface area contributed by atoms with Crippen molar-refractivity contribution in [3.8, 4) is 5.75 Å². The van der Waals surface area contributed by atoms with Crippen LogP contribution in [0.5, 0.6) is 5.75 Å². The maximum Gasteiger partial charge on any atom is 0.120 e. The Morgan fingerprint density at radius 1 is 0.821 bits per heavy atom. The standard InChI is InChI=1S/C24H25Cl2NO/c1-18(10-11-19-6-3-2-4-7-19)27-16-20-8-5-9-22(14-20)28-17-21-12-13-23(25)24(26)15-21/h2-9,12-15,18,27H,10-11,16-17H2,1H3. The van der Waals surface area contributed by atoms with E-state index in [1.165, 1.54) is 11.1 Å². The van der Waals surface area contributed by atoms with Gasteiger partial charge in [-0.2, -0.15) is 0 Å². The Labute approximate surface area is 177 Å². The highest BCUT2D eigenvalue weighted by atomic mass is 35.5. The van der Waals surface area contributed by atoms with Gasteiger partial charge in [-0.15, -0.1) is 0 Å². The number of benzene rings is 3. The van der Waals surface area contributed by atoms with Gasteiger partial charge in [-0.1, -0.05) is 71.7 Å². The molecule has 1 N–H and O–H groups in total. The Balaban J connectivity index is 1.46. The first-order chi connectivity index (χ1) is 13.6. The molecule has 0 aliphatic carbocycles. The number of nitrogens with one attached hydrogen (secondary N) is 1. The number of hydrogen-bond donors (Lipinski definition) is 1. The van der Waals surface area contributed by atoms with E-state index in [4.69, 9.17) is 27.9 Å². The molecule has 0 bridgehead atoms. The van der Waals surface area contributed by atoms with Gasteiger partial charge in [0.2, 0.25) is 0 Å². The monoisotopic (exact) mass is 413 g/mol. The largest absolute Gasteiger partial charge is 0.489 e. The molecule has 0 saturated heterocycles. The van der Waals surface area contributed by atoms with E-state index in [0.717, 1.165) is 30.7 Å². The van der Waals surface area contributed by atoms with Gasteiger partial charge in [-0.3, -0.25) is 0 Å². The molecule has 0 heterocycles. The minimum Gasteiger partial charge on any atom is -0.489 e. The third-order valence-corrected chi connectivity index (χ3v) is 5.39. The quantitative estimate of drug-likeness (QED) is 0.422. The van der Waals surface area contributed by atoms with Crippen molar-refractivity contribution in [2.75, 3.05) is 0 Å². The number of halogens is 2. The second-order valence-corrected chi connectivity index (χ2v) is 7.81. The lowest BCUT2D eigenvalue weighted by Gasteiger charge is -2.14. The first-order valence-electron chi connectivity index (χ1n) is 9.53. The summed E-state index contributed by atoms with van der Waals surface area (Å²) in [7, 11) is 0. The van der Waals surface area contributed by atoms with Crippen molar-refractivity contribution >= 4 is 23.2 Å². The summed E-state index contributed by atoms with van der Waals surface area (Å²) in [5.41, 5.74) is 3.58. The van der Waals surface area contributed by atoms with Crippen molar-refractivity contribution in [1.29, 1.82) is 0 Å². The molecule has 4 heteroatoms. The topological polar surface area (TPSA) is 21.3 Å². The summed E-state index contributed by atoms with van der Waals surface area (Å²) in [6, 6.07) is 24.8. The molecular formula is C24H25Cl2NO. The van der Waals surface area contributed by atoms with Gasteiger partial charge < -0.3 is 10.1 Å². The van der Waals surface area contributed by atoms with Crippen molar-refractivity contribution in [2.24, 2.45) is 0 Å². The molecule has 2 nitrogen and oxygen atoms in total. The van der Waals surface area contributed by atoms with Crippen LogP contribution >= 0.6 is 23.2 Å². The average molecular weight is 414 g/mol. The van der Waals surface area contributed by atoms with Crippen LogP contribution in [-0.4, -0.2) is 6.04 Å². The molecule has 0 saturated carbocycles. The second kappa shape index (κ2) is 10.5. The first kappa shape index (κ1) is 20.7. The molecule has 1 unspecified atom stereocenters. The SMILES string of the molecule is CC(CCc1ccccc1)NCc1cccc(OCc2ccc(Cl)c(Cl)c2)c1. The van der Waals surface area contributed by atoms with Gasteiger partial charge in [0.15, 0.2) is 0 Å². The maximum atomic E-state index is 6.06. The lowest BCUT2D eigenvalue weighted by Crippen LogP contribution is -2.25. The fraction of sp³-hybridized carbons (Fsp3) is 0.250. The predicted molar refractivity (Wildman–Crippen MR) is 118 cm³/mol. The zero-order valence-corrected chi connectivity index (χ0v) is 17.5. The van der Waals surface area contributed by atoms with E-state index in [0.29, 0.717) is 22.7 Å². The number of ether oxygens (including phenoxy) is 1. The Morgan fingerprint density at radius 3 is 2.39 bits per heavy atom. The third-order valence-electron chi connectivity index (χ3n) is 4.65. The van der Waals surface area contributed by atoms with Crippen LogP contribution in [0.25, 0.3) is 0 Å². The molecule has 146 valence electrons. The van der Waals surface area contributed by atoms with Crippen LogP contribution in [-0.2, 0) is 19.6 Å². The van der Waals surface area contributed by atoms with Crippen molar-refractivity contribution < 1.29 is 4.74 Å². The summed E-state index contributed by atoms with van der Waals surface area (Å²) >= 11 is 12.0. The average Bonchev–Trinajstić information content (AvgIpc) is 2.72. The van der Waals surface area contributed by atoms with Crippen LogP contribution in [0.2, 0.25) is 10.0 Å². The molecule has 0 amide bonds. The lowest BCUT2D eigenvalue weighted by atomic mass is 10.1. The van der Waals surface area contributed by atoms with Crippen molar-refractivity contribution in [3.63, 3.8) is 0 Å². The Morgan fingerprint density at radius 2 is 1.61 bits per heavy atom. The van der Waals surface area contributed by atoms with Gasteiger partial charge in [-0.05, 0) is 60.7 Å². The number of aryl methyl sites for hydroxylation is 1. The number of rotatable bonds is 9. The third kappa shape index (κ3) is 6.56. The summed E-state index contributed by atoms with van der Waals surface area (Å²) in [4.78, 5) is 0. The van der Waals surface area contributed by atoms with Gasteiger partial charge in [0, 0.05) is 12.6 Å². The minimum atomic E-state index is 0.445. The van der Waals surface area contributed by atoms with Gasteiger partial charge >= 0.3 is 0 Å². The highest BCUT2D eigenvalue weighted by Gasteiger charge is 2.05. The van der Waals surface area contributed by atoms with E-state index in [-0.39, 0.29) is 0 Å². The number of hydrogen-bond acceptors (Lipinski definition) is 2. The smallest absolute Gasteiger partial charge is 0.120 e. The summed E-state index contributed by atoms with van der Waals surface area (Å²) in [5, 5.41) is 4.70. The highest BCUT2D eigenvalue weighted by Crippen LogP contribution is 2.23. The van der Waals surface area contributed by atoms with Crippen LogP contribution < -0.4 is 10.1 Å². The second-order valence-electron chi connectivity index (χ2n) is 6.99. The van der Waals surface area contributed by atoms with Crippen molar-refractivity contribution in [1.82, 2.24) is 5.32 Å². The fourth-order valence-corrected chi connectivity index (χ4v) is 3.28. The molecule has 1 atom stereocenters. The van der Waals surface area contributed by atoms with Crippen LogP contribution in [0.15, 0.2) is 72.8 Å². The molecule has 0 spiro atoms. The zero-order valence-electron chi connectivity index (χ0n) is 16.0. The minimum absolute atomic E-state index is 0.445. The molecule has 0 aliphatic rings. The molecular weight excluding hydrogens is 389 g/mol. The van der Waals surface area contributed by atoms with Crippen molar-refractivity contribution in [3.05, 3.63) is 99.5 Å². The molecule has 0 fully saturated rings. The van der Waals surface area contributed by atoms with E-state index in [1.807, 2.05) is 24.3 Å². The summed E-state index contributed by atoms with van der Waals surface area (Å²) in [5.74, 6) is 0.849. The molecule has 28 heavy (non-hydrogen) atoms. The van der Waals surface area contributed by atoms with Crippen molar-refractivity contribution in [2.45, 2.75) is 39.0 Å². The van der Waals surface area contributed by atoms with Gasteiger partial charge in [-0.25, -0.2) is 0 Å². The zero-order chi connectivity index (χ0) is 19.8. The van der Waals surface area contributed by atoms with Gasteiger partial charge in [0.25, 0.3) is 0 Å². The van der Waals surface area contributed by atoms with E-state index < -0.39 is 0 Å². The summed E-state index contributed by atoms with van der Waals surface area (Å²) in [6.07, 6.45) is 2.19. The highest BCUT2D eigenvalue weighted by molar-refractivity contribution is 6.42. The van der Waals surface area contributed by atoms with Crippen LogP contribution in [0.3, 0.4) is 0 Å². The Bertz CT molecular complexity index is 883.